The van der Waals surface area contributed by atoms with E-state index in [1.165, 1.54) is 0 Å². The van der Waals surface area contributed by atoms with Crippen molar-refractivity contribution in [1.82, 2.24) is 10.6 Å². The monoisotopic (exact) mass is 515 g/mol. The van der Waals surface area contributed by atoms with Crippen LogP contribution in [0.5, 0.6) is 5.75 Å². The number of sulfone groups is 1. The van der Waals surface area contributed by atoms with E-state index in [-0.39, 0.29) is 41.4 Å². The van der Waals surface area contributed by atoms with Gasteiger partial charge in [0.15, 0.2) is 15.8 Å². The van der Waals surface area contributed by atoms with E-state index >= 15 is 0 Å². The number of aliphatic imine (C=N–C) groups is 1. The molecule has 0 aromatic heterocycles. The molecule has 1 aromatic carbocycles. The van der Waals surface area contributed by atoms with Crippen LogP contribution >= 0.6 is 35.6 Å². The zero-order valence-corrected chi connectivity index (χ0v) is 19.0. The van der Waals surface area contributed by atoms with Gasteiger partial charge in [-0.3, -0.25) is 4.99 Å². The number of nitrogens with one attached hydrogen (secondary N) is 2. The highest BCUT2D eigenvalue weighted by molar-refractivity contribution is 14.0. The van der Waals surface area contributed by atoms with Gasteiger partial charge in [-0.15, -0.1) is 24.0 Å². The molecule has 1 unspecified atom stereocenters. The lowest BCUT2D eigenvalue weighted by molar-refractivity contribution is 0.414. The third-order valence-corrected chi connectivity index (χ3v) is 6.31. The van der Waals surface area contributed by atoms with Crippen LogP contribution in [0.2, 0.25) is 5.02 Å². The van der Waals surface area contributed by atoms with E-state index in [0.29, 0.717) is 30.5 Å². The van der Waals surface area contributed by atoms with Crippen molar-refractivity contribution >= 4 is 51.4 Å². The predicted molar refractivity (Wildman–Crippen MR) is 118 cm³/mol. The fraction of sp³-hybridized carbons (Fsp3) is 0.588. The molecule has 148 valence electrons. The topological polar surface area (TPSA) is 79.8 Å². The summed E-state index contributed by atoms with van der Waals surface area (Å²) in [7, 11) is -1.24. The molecule has 2 N–H and O–H groups in total. The van der Waals surface area contributed by atoms with E-state index in [9.17, 15) is 8.42 Å². The predicted octanol–water partition coefficient (Wildman–Crippen LogP) is 2.50. The van der Waals surface area contributed by atoms with Crippen LogP contribution in [-0.2, 0) is 16.3 Å². The van der Waals surface area contributed by atoms with Crippen molar-refractivity contribution in [1.29, 1.82) is 0 Å². The van der Waals surface area contributed by atoms with Crippen LogP contribution in [0.4, 0.5) is 0 Å². The Morgan fingerprint density at radius 2 is 2.15 bits per heavy atom. The third-order valence-electron chi connectivity index (χ3n) is 4.13. The third kappa shape index (κ3) is 7.48. The van der Waals surface area contributed by atoms with Gasteiger partial charge in [0.2, 0.25) is 0 Å². The summed E-state index contributed by atoms with van der Waals surface area (Å²) in [6, 6.07) is 5.65. The Hall–Kier alpha value is -0.740. The fourth-order valence-corrected chi connectivity index (χ4v) is 4.87. The van der Waals surface area contributed by atoms with E-state index in [0.717, 1.165) is 24.3 Å². The van der Waals surface area contributed by atoms with E-state index < -0.39 is 9.84 Å². The van der Waals surface area contributed by atoms with Gasteiger partial charge >= 0.3 is 0 Å². The minimum atomic E-state index is -2.85. The maximum Gasteiger partial charge on any atom is 0.191 e. The molecular formula is C17H27ClIN3O3S. The van der Waals surface area contributed by atoms with Crippen molar-refractivity contribution in [3.05, 3.63) is 28.8 Å². The van der Waals surface area contributed by atoms with Gasteiger partial charge in [-0.25, -0.2) is 8.42 Å². The first-order valence-electron chi connectivity index (χ1n) is 8.48. The average Bonchev–Trinajstić information content (AvgIpc) is 2.93. The van der Waals surface area contributed by atoms with Crippen molar-refractivity contribution in [2.75, 3.05) is 38.2 Å². The minimum absolute atomic E-state index is 0. The smallest absolute Gasteiger partial charge is 0.191 e. The highest BCUT2D eigenvalue weighted by Crippen LogP contribution is 2.22. The van der Waals surface area contributed by atoms with Gasteiger partial charge in [-0.2, -0.15) is 0 Å². The Kier molecular flexibility index (Phi) is 10.0. The molecule has 0 saturated carbocycles. The van der Waals surface area contributed by atoms with Crippen molar-refractivity contribution in [2.45, 2.75) is 19.8 Å². The van der Waals surface area contributed by atoms with Gasteiger partial charge in [0, 0.05) is 24.7 Å². The molecule has 1 aromatic rings. The summed E-state index contributed by atoms with van der Waals surface area (Å²) in [6.45, 7) is 3.95. The molecule has 0 aliphatic carbocycles. The number of rotatable bonds is 7. The fourth-order valence-electron chi connectivity index (χ4n) is 2.75. The molecule has 0 amide bonds. The minimum Gasteiger partial charge on any atom is -0.497 e. The molecule has 1 saturated heterocycles. The van der Waals surface area contributed by atoms with E-state index in [2.05, 4.69) is 15.6 Å². The van der Waals surface area contributed by atoms with Gasteiger partial charge in [0.25, 0.3) is 0 Å². The largest absolute Gasteiger partial charge is 0.497 e. The first-order chi connectivity index (χ1) is 11.9. The molecule has 1 fully saturated rings. The number of methoxy groups -OCH3 is 1. The lowest BCUT2D eigenvalue weighted by Gasteiger charge is -2.13. The Morgan fingerprint density at radius 1 is 1.38 bits per heavy atom. The maximum absolute atomic E-state index is 11.5. The van der Waals surface area contributed by atoms with Crippen LogP contribution in [0, 0.1) is 5.92 Å². The Labute approximate surface area is 178 Å². The molecule has 0 spiro atoms. The Morgan fingerprint density at radius 3 is 2.73 bits per heavy atom. The van der Waals surface area contributed by atoms with E-state index in [4.69, 9.17) is 16.3 Å². The Bertz CT molecular complexity index is 713. The maximum atomic E-state index is 11.5. The molecule has 6 nitrogen and oxygen atoms in total. The molecule has 1 heterocycles. The van der Waals surface area contributed by atoms with Crippen LogP contribution in [0.3, 0.4) is 0 Å². The van der Waals surface area contributed by atoms with Crippen LogP contribution < -0.4 is 15.4 Å². The van der Waals surface area contributed by atoms with Gasteiger partial charge in [-0.05, 0) is 43.4 Å². The summed E-state index contributed by atoms with van der Waals surface area (Å²) >= 11 is 6.25. The molecular weight excluding hydrogens is 489 g/mol. The summed E-state index contributed by atoms with van der Waals surface area (Å²) in [5.74, 6) is 2.10. The molecule has 26 heavy (non-hydrogen) atoms. The average molecular weight is 516 g/mol. The number of nitrogens with zero attached hydrogens (tertiary/aromatic N) is 1. The zero-order valence-electron chi connectivity index (χ0n) is 15.1. The SMILES string of the molecule is CCNC(=NCC1CCS(=O)(=O)C1)NCCc1ccc(OC)cc1Cl.I. The van der Waals surface area contributed by atoms with Crippen molar-refractivity contribution in [2.24, 2.45) is 10.9 Å². The van der Waals surface area contributed by atoms with Crippen LogP contribution in [0.15, 0.2) is 23.2 Å². The molecule has 2 rings (SSSR count). The molecule has 0 radical (unpaired) electrons. The quantitative estimate of drug-likeness (QED) is 0.331. The number of hydrogen-bond donors (Lipinski definition) is 2. The van der Waals surface area contributed by atoms with Gasteiger partial charge in [0.1, 0.15) is 5.75 Å². The standard InChI is InChI=1S/C17H26ClN3O3S.HI/c1-3-19-17(21-11-13-7-9-25(22,23)12-13)20-8-6-14-4-5-15(24-2)10-16(14)18;/h4-5,10,13H,3,6-9,11-12H2,1-2H3,(H2,19,20,21);1H. The lowest BCUT2D eigenvalue weighted by Crippen LogP contribution is -2.38. The van der Waals surface area contributed by atoms with Crippen molar-refractivity contribution in [3.63, 3.8) is 0 Å². The second-order valence-corrected chi connectivity index (χ2v) is 8.76. The lowest BCUT2D eigenvalue weighted by atomic mass is 10.1. The van der Waals surface area contributed by atoms with Crippen LogP contribution in [0.25, 0.3) is 0 Å². The van der Waals surface area contributed by atoms with Crippen LogP contribution in [0.1, 0.15) is 18.9 Å². The number of guanidine groups is 1. The zero-order chi connectivity index (χ0) is 18.3. The summed E-state index contributed by atoms with van der Waals surface area (Å²) in [5.41, 5.74) is 1.03. The summed E-state index contributed by atoms with van der Waals surface area (Å²) in [4.78, 5) is 4.52. The van der Waals surface area contributed by atoms with Gasteiger partial charge in [0.05, 0.1) is 18.6 Å². The highest BCUT2D eigenvalue weighted by atomic mass is 127. The van der Waals surface area contributed by atoms with Crippen molar-refractivity contribution in [3.8, 4) is 5.75 Å². The molecule has 0 bridgehead atoms. The number of benzene rings is 1. The van der Waals surface area contributed by atoms with E-state index in [1.807, 2.05) is 19.1 Å². The summed E-state index contributed by atoms with van der Waals surface area (Å²) < 4.78 is 28.2. The van der Waals surface area contributed by atoms with Gasteiger partial charge < -0.3 is 15.4 Å². The normalized spacial score (nSPS) is 18.9. The van der Waals surface area contributed by atoms with Gasteiger partial charge in [-0.1, -0.05) is 17.7 Å². The summed E-state index contributed by atoms with van der Waals surface area (Å²) in [6.07, 6.45) is 1.46. The Balaban J connectivity index is 0.00000338. The second-order valence-electron chi connectivity index (χ2n) is 6.12. The number of hydrogen-bond acceptors (Lipinski definition) is 4. The number of ether oxygens (including phenoxy) is 1. The molecule has 9 heteroatoms. The first kappa shape index (κ1) is 23.3. The number of halogens is 2. The highest BCUT2D eigenvalue weighted by Gasteiger charge is 2.27. The first-order valence-corrected chi connectivity index (χ1v) is 10.7. The molecule has 1 aliphatic heterocycles. The van der Waals surface area contributed by atoms with Crippen molar-refractivity contribution < 1.29 is 13.2 Å². The second kappa shape index (κ2) is 11.2. The van der Waals surface area contributed by atoms with Crippen LogP contribution in [-0.4, -0.2) is 52.6 Å². The molecule has 1 aliphatic rings. The summed E-state index contributed by atoms with van der Waals surface area (Å²) in [5, 5.41) is 7.13. The molecule has 1 atom stereocenters. The van der Waals surface area contributed by atoms with E-state index in [1.54, 1.807) is 13.2 Å².